The average Bonchev–Trinajstić information content (AvgIpc) is 2.78. The molecule has 0 radical (unpaired) electrons. The molecule has 0 aliphatic rings. The van der Waals surface area contributed by atoms with Gasteiger partial charge in [-0.2, -0.15) is 11.8 Å². The fourth-order valence-electron chi connectivity index (χ4n) is 3.87. The molecule has 0 amide bonds. The van der Waals surface area contributed by atoms with Gasteiger partial charge in [0.1, 0.15) is 0 Å². The van der Waals surface area contributed by atoms with Crippen molar-refractivity contribution >= 4 is 11.8 Å². The lowest BCUT2D eigenvalue weighted by Crippen LogP contribution is -2.26. The van der Waals surface area contributed by atoms with E-state index < -0.39 is 0 Å². The molecule has 0 saturated heterocycles. The Morgan fingerprint density at radius 2 is 1.07 bits per heavy atom. The first-order valence-electron chi connectivity index (χ1n) is 10.9. The predicted molar refractivity (Wildman–Crippen MR) is 127 cm³/mol. The van der Waals surface area contributed by atoms with E-state index in [0.29, 0.717) is 0 Å². The molecule has 2 atom stereocenters. The molecule has 2 unspecified atom stereocenters. The van der Waals surface area contributed by atoms with Gasteiger partial charge in [0, 0.05) is 10.8 Å². The van der Waals surface area contributed by atoms with Crippen LogP contribution in [0.5, 0.6) is 0 Å². The highest BCUT2D eigenvalue weighted by atomic mass is 32.2. The van der Waals surface area contributed by atoms with E-state index in [1.807, 2.05) is 23.9 Å². The highest BCUT2D eigenvalue weighted by molar-refractivity contribution is 7.99. The van der Waals surface area contributed by atoms with Gasteiger partial charge in [-0.25, -0.2) is 0 Å². The van der Waals surface area contributed by atoms with Crippen LogP contribution >= 0.6 is 11.8 Å². The second-order valence-corrected chi connectivity index (χ2v) is 9.92. The molecule has 29 heavy (non-hydrogen) atoms. The summed E-state index contributed by atoms with van der Waals surface area (Å²) < 4.78 is 0. The topological polar surface area (TPSA) is 40.5 Å². The largest absolute Gasteiger partial charge is 0.395 e. The third kappa shape index (κ3) is 7.47. The maximum Gasteiger partial charge on any atom is 0.0525 e. The summed E-state index contributed by atoms with van der Waals surface area (Å²) in [6.07, 6.45) is 6.79. The summed E-state index contributed by atoms with van der Waals surface area (Å²) in [5.41, 5.74) is 2.22. The normalized spacial score (nSPS) is 15.6. The van der Waals surface area contributed by atoms with Crippen LogP contribution in [0.15, 0.2) is 60.7 Å². The number of aliphatic hydroxyl groups excluding tert-OH is 2. The first-order valence-corrected chi connectivity index (χ1v) is 12.1. The van der Waals surface area contributed by atoms with Crippen molar-refractivity contribution in [3.05, 3.63) is 71.8 Å². The molecule has 0 aromatic heterocycles. The van der Waals surface area contributed by atoms with Crippen molar-refractivity contribution in [1.29, 1.82) is 0 Å². The van der Waals surface area contributed by atoms with E-state index in [1.165, 1.54) is 29.7 Å². The van der Waals surface area contributed by atoms with Crippen LogP contribution in [0.1, 0.15) is 63.5 Å². The van der Waals surface area contributed by atoms with Crippen LogP contribution in [-0.4, -0.2) is 34.9 Å². The van der Waals surface area contributed by atoms with Gasteiger partial charge >= 0.3 is 0 Å². The maximum absolute atomic E-state index is 9.88. The molecule has 0 fully saturated rings. The smallest absolute Gasteiger partial charge is 0.0525 e. The van der Waals surface area contributed by atoms with E-state index in [-0.39, 0.29) is 24.0 Å². The summed E-state index contributed by atoms with van der Waals surface area (Å²) in [5.74, 6) is 2.35. The fraction of sp³-hybridized carbons (Fsp3) is 0.538. The van der Waals surface area contributed by atoms with Crippen LogP contribution in [0.4, 0.5) is 0 Å². The predicted octanol–water partition coefficient (Wildman–Crippen LogP) is 5.96. The van der Waals surface area contributed by atoms with Crippen LogP contribution in [0.2, 0.25) is 0 Å². The molecule has 2 N–H and O–H groups in total. The van der Waals surface area contributed by atoms with Crippen LogP contribution in [-0.2, 0) is 10.8 Å². The van der Waals surface area contributed by atoms with Gasteiger partial charge in [-0.05, 0) is 48.3 Å². The Balaban J connectivity index is 1.59. The lowest BCUT2D eigenvalue weighted by Gasteiger charge is -2.28. The van der Waals surface area contributed by atoms with Crippen molar-refractivity contribution in [2.75, 3.05) is 24.7 Å². The summed E-state index contributed by atoms with van der Waals surface area (Å²) in [6, 6.07) is 20.8. The van der Waals surface area contributed by atoms with Gasteiger partial charge in [0.15, 0.2) is 0 Å². The standard InChI is InChI=1S/C26H38O2S/c1-25(21-27,23-13-6-3-7-14-23)17-10-5-11-19-29-20-12-18-26(2,22-28)24-15-8-4-9-16-24/h3-4,6-9,13-16,27-28H,5,10-12,17-22H2,1-2H3. The summed E-state index contributed by atoms with van der Waals surface area (Å²) in [4.78, 5) is 0. The van der Waals surface area contributed by atoms with E-state index in [2.05, 4.69) is 62.4 Å². The lowest BCUT2D eigenvalue weighted by molar-refractivity contribution is 0.193. The van der Waals surface area contributed by atoms with Crippen LogP contribution in [0, 0.1) is 0 Å². The number of hydrogen-bond acceptors (Lipinski definition) is 3. The van der Waals surface area contributed by atoms with Gasteiger partial charge in [-0.15, -0.1) is 0 Å². The zero-order valence-corrected chi connectivity index (χ0v) is 19.0. The van der Waals surface area contributed by atoms with E-state index in [4.69, 9.17) is 0 Å². The van der Waals surface area contributed by atoms with Crippen LogP contribution < -0.4 is 0 Å². The molecule has 3 heteroatoms. The van der Waals surface area contributed by atoms with Crippen LogP contribution in [0.25, 0.3) is 0 Å². The molecule has 0 saturated carbocycles. The molecular weight excluding hydrogens is 376 g/mol. The Morgan fingerprint density at radius 3 is 1.55 bits per heavy atom. The monoisotopic (exact) mass is 414 g/mol. The van der Waals surface area contributed by atoms with Crippen molar-refractivity contribution in [1.82, 2.24) is 0 Å². The molecule has 2 aromatic rings. The summed E-state index contributed by atoms with van der Waals surface area (Å²) in [6.45, 7) is 4.74. The zero-order valence-electron chi connectivity index (χ0n) is 18.1. The van der Waals surface area contributed by atoms with Gasteiger partial charge in [0.2, 0.25) is 0 Å². The molecule has 2 aromatic carbocycles. The van der Waals surface area contributed by atoms with E-state index in [0.717, 1.165) is 31.4 Å². The van der Waals surface area contributed by atoms with Crippen molar-refractivity contribution in [3.63, 3.8) is 0 Å². The average molecular weight is 415 g/mol. The summed E-state index contributed by atoms with van der Waals surface area (Å²) in [7, 11) is 0. The number of aliphatic hydroxyl groups is 2. The SMILES string of the molecule is CC(CO)(CCCCCSCCCC(C)(CO)c1ccccc1)c1ccccc1. The van der Waals surface area contributed by atoms with Gasteiger partial charge in [0.05, 0.1) is 13.2 Å². The Morgan fingerprint density at radius 1 is 0.621 bits per heavy atom. The maximum atomic E-state index is 9.88. The second kappa shape index (κ2) is 12.4. The van der Waals surface area contributed by atoms with E-state index >= 15 is 0 Å². The Hall–Kier alpha value is -1.29. The first kappa shape index (κ1) is 24.0. The van der Waals surface area contributed by atoms with E-state index in [9.17, 15) is 10.2 Å². The second-order valence-electron chi connectivity index (χ2n) is 8.70. The molecule has 0 aliphatic heterocycles. The molecule has 0 spiro atoms. The first-order chi connectivity index (χ1) is 14.0. The van der Waals surface area contributed by atoms with Gasteiger partial charge < -0.3 is 10.2 Å². The molecule has 2 rings (SSSR count). The minimum Gasteiger partial charge on any atom is -0.395 e. The van der Waals surface area contributed by atoms with Crippen molar-refractivity contribution < 1.29 is 10.2 Å². The zero-order chi connectivity index (χ0) is 21.0. The fourth-order valence-corrected chi connectivity index (χ4v) is 4.83. The third-order valence-electron chi connectivity index (χ3n) is 6.17. The molecule has 2 nitrogen and oxygen atoms in total. The molecule has 0 bridgehead atoms. The number of thioether (sulfide) groups is 1. The van der Waals surface area contributed by atoms with Crippen LogP contribution in [0.3, 0.4) is 0 Å². The Labute approximate surface area is 181 Å². The molecule has 160 valence electrons. The minimum absolute atomic E-state index is 0.124. The number of unbranched alkanes of at least 4 members (excludes halogenated alkanes) is 2. The minimum atomic E-state index is -0.131. The van der Waals surface area contributed by atoms with Gasteiger partial charge in [0.25, 0.3) is 0 Å². The van der Waals surface area contributed by atoms with Gasteiger partial charge in [-0.3, -0.25) is 0 Å². The number of hydrogen-bond donors (Lipinski definition) is 2. The number of benzene rings is 2. The summed E-state index contributed by atoms with van der Waals surface area (Å²) >= 11 is 2.03. The third-order valence-corrected chi connectivity index (χ3v) is 7.33. The van der Waals surface area contributed by atoms with Crippen molar-refractivity contribution in [2.24, 2.45) is 0 Å². The highest BCUT2D eigenvalue weighted by Gasteiger charge is 2.25. The summed E-state index contributed by atoms with van der Waals surface area (Å²) in [5, 5.41) is 19.8. The van der Waals surface area contributed by atoms with Gasteiger partial charge in [-0.1, -0.05) is 87.4 Å². The van der Waals surface area contributed by atoms with E-state index in [1.54, 1.807) is 0 Å². The van der Waals surface area contributed by atoms with Crippen molar-refractivity contribution in [2.45, 2.75) is 63.2 Å². The lowest BCUT2D eigenvalue weighted by atomic mass is 9.79. The Bertz CT molecular complexity index is 616. The molecule has 0 aliphatic carbocycles. The molecule has 0 heterocycles. The quantitative estimate of drug-likeness (QED) is 0.375. The molecular formula is C26H38O2S. The Kier molecular flexibility index (Phi) is 10.3. The van der Waals surface area contributed by atoms with Crippen molar-refractivity contribution in [3.8, 4) is 0 Å². The number of rotatable bonds is 14. The highest BCUT2D eigenvalue weighted by Crippen LogP contribution is 2.30.